The van der Waals surface area contributed by atoms with E-state index in [1.165, 1.54) is 11.8 Å². The number of nitrogens with zero attached hydrogens (tertiary/aromatic N) is 3. The van der Waals surface area contributed by atoms with E-state index >= 15 is 0 Å². The van der Waals surface area contributed by atoms with E-state index in [-0.39, 0.29) is 5.91 Å². The summed E-state index contributed by atoms with van der Waals surface area (Å²) in [4.78, 5) is 14.3. The molecule has 0 bridgehead atoms. The van der Waals surface area contributed by atoms with Gasteiger partial charge in [0.25, 0.3) is 5.22 Å². The average molecular weight is 361 g/mol. The number of rotatable bonds is 6. The lowest BCUT2D eigenvalue weighted by Gasteiger charge is -2.32. The van der Waals surface area contributed by atoms with Crippen molar-refractivity contribution in [3.8, 4) is 5.75 Å². The average Bonchev–Trinajstić information content (AvgIpc) is 3.04. The van der Waals surface area contributed by atoms with Gasteiger partial charge in [-0.3, -0.25) is 4.79 Å². The van der Waals surface area contributed by atoms with Crippen LogP contribution in [-0.2, 0) is 4.79 Å². The van der Waals surface area contributed by atoms with Gasteiger partial charge in [-0.1, -0.05) is 30.0 Å². The number of carbonyl (C=O) groups is 1. The summed E-state index contributed by atoms with van der Waals surface area (Å²) in [6.07, 6.45) is 2.10. The SMILES string of the molecule is Cc1nnc(SCC(=O)N2CCCC(COc3ccccc3C)C2)o1. The zero-order chi connectivity index (χ0) is 17.6. The standard InChI is InChI=1S/C18H23N3O3S/c1-13-6-3-4-8-16(13)23-11-15-7-5-9-21(10-15)17(22)12-25-18-20-19-14(2)24-18/h3-4,6,8,15H,5,7,9-12H2,1-2H3. The summed E-state index contributed by atoms with van der Waals surface area (Å²) in [5, 5.41) is 8.12. The fourth-order valence-corrected chi connectivity index (χ4v) is 3.61. The molecule has 2 aromatic rings. The van der Waals surface area contributed by atoms with Gasteiger partial charge in [-0.2, -0.15) is 0 Å². The second kappa shape index (κ2) is 8.38. The number of carbonyl (C=O) groups excluding carboxylic acids is 1. The zero-order valence-corrected chi connectivity index (χ0v) is 15.4. The van der Waals surface area contributed by atoms with Crippen LogP contribution in [-0.4, -0.2) is 46.5 Å². The fourth-order valence-electron chi connectivity index (χ4n) is 2.91. The van der Waals surface area contributed by atoms with Gasteiger partial charge in [0.05, 0.1) is 12.4 Å². The molecular weight excluding hydrogens is 338 g/mol. The maximum Gasteiger partial charge on any atom is 0.277 e. The summed E-state index contributed by atoms with van der Waals surface area (Å²) >= 11 is 1.29. The van der Waals surface area contributed by atoms with E-state index in [2.05, 4.69) is 10.2 Å². The molecule has 1 aliphatic rings. The number of thioether (sulfide) groups is 1. The van der Waals surface area contributed by atoms with Crippen LogP contribution < -0.4 is 4.74 Å². The Morgan fingerprint density at radius 1 is 1.36 bits per heavy atom. The molecule has 7 heteroatoms. The highest BCUT2D eigenvalue weighted by Crippen LogP contribution is 2.22. The van der Waals surface area contributed by atoms with Crippen molar-refractivity contribution >= 4 is 17.7 Å². The molecule has 1 amide bonds. The lowest BCUT2D eigenvalue weighted by atomic mass is 9.99. The molecule has 0 spiro atoms. The first-order chi connectivity index (χ1) is 12.1. The van der Waals surface area contributed by atoms with Gasteiger partial charge in [0.2, 0.25) is 11.8 Å². The van der Waals surface area contributed by atoms with Crippen molar-refractivity contribution in [2.75, 3.05) is 25.4 Å². The van der Waals surface area contributed by atoms with Crippen LogP contribution in [0.25, 0.3) is 0 Å². The Morgan fingerprint density at radius 2 is 2.20 bits per heavy atom. The van der Waals surface area contributed by atoms with Gasteiger partial charge in [0.15, 0.2) is 0 Å². The number of amides is 1. The van der Waals surface area contributed by atoms with E-state index in [0.717, 1.165) is 37.2 Å². The molecule has 134 valence electrons. The van der Waals surface area contributed by atoms with Gasteiger partial charge < -0.3 is 14.1 Å². The zero-order valence-electron chi connectivity index (χ0n) is 14.6. The summed E-state index contributed by atoms with van der Waals surface area (Å²) in [6, 6.07) is 8.02. The third kappa shape index (κ3) is 4.98. The number of aryl methyl sites for hydroxylation is 2. The molecule has 1 unspecified atom stereocenters. The minimum absolute atomic E-state index is 0.112. The molecule has 1 aliphatic heterocycles. The van der Waals surface area contributed by atoms with E-state index in [1.807, 2.05) is 36.1 Å². The molecule has 25 heavy (non-hydrogen) atoms. The fraction of sp³-hybridized carbons (Fsp3) is 0.500. The van der Waals surface area contributed by atoms with Gasteiger partial charge in [-0.15, -0.1) is 10.2 Å². The molecule has 1 aromatic carbocycles. The first-order valence-electron chi connectivity index (χ1n) is 8.51. The Hall–Kier alpha value is -2.02. The summed E-state index contributed by atoms with van der Waals surface area (Å²) in [5.74, 6) is 2.25. The van der Waals surface area contributed by atoms with Crippen molar-refractivity contribution in [3.05, 3.63) is 35.7 Å². The summed E-state index contributed by atoms with van der Waals surface area (Å²) in [7, 11) is 0. The van der Waals surface area contributed by atoms with Crippen molar-refractivity contribution in [1.82, 2.24) is 15.1 Å². The Balaban J connectivity index is 1.47. The Bertz CT molecular complexity index is 719. The van der Waals surface area contributed by atoms with Crippen molar-refractivity contribution in [2.24, 2.45) is 5.92 Å². The number of likely N-dealkylation sites (tertiary alicyclic amines) is 1. The quantitative estimate of drug-likeness (QED) is 0.737. The summed E-state index contributed by atoms with van der Waals surface area (Å²) in [5.41, 5.74) is 1.14. The molecule has 3 rings (SSSR count). The van der Waals surface area contributed by atoms with E-state index in [0.29, 0.717) is 29.4 Å². The molecular formula is C18H23N3O3S. The molecule has 1 atom stereocenters. The molecule has 2 heterocycles. The molecule has 0 aliphatic carbocycles. The Morgan fingerprint density at radius 3 is 2.96 bits per heavy atom. The van der Waals surface area contributed by atoms with Crippen LogP contribution in [0.15, 0.2) is 33.9 Å². The highest BCUT2D eigenvalue weighted by Gasteiger charge is 2.24. The van der Waals surface area contributed by atoms with Gasteiger partial charge in [0.1, 0.15) is 5.75 Å². The summed E-state index contributed by atoms with van der Waals surface area (Å²) in [6.45, 7) is 5.98. The van der Waals surface area contributed by atoms with Crippen LogP contribution in [0.4, 0.5) is 0 Å². The first-order valence-corrected chi connectivity index (χ1v) is 9.49. The number of benzene rings is 1. The maximum atomic E-state index is 12.4. The third-order valence-corrected chi connectivity index (χ3v) is 5.07. The third-order valence-electron chi connectivity index (χ3n) is 4.27. The van der Waals surface area contributed by atoms with Gasteiger partial charge in [-0.25, -0.2) is 0 Å². The second-order valence-electron chi connectivity index (χ2n) is 6.30. The van der Waals surface area contributed by atoms with Gasteiger partial charge in [0, 0.05) is 25.9 Å². The number of aromatic nitrogens is 2. The summed E-state index contributed by atoms with van der Waals surface area (Å²) < 4.78 is 11.3. The molecule has 1 fully saturated rings. The van der Waals surface area contributed by atoms with Crippen LogP contribution in [0.1, 0.15) is 24.3 Å². The van der Waals surface area contributed by atoms with E-state index < -0.39 is 0 Å². The topological polar surface area (TPSA) is 68.5 Å². The van der Waals surface area contributed by atoms with E-state index in [9.17, 15) is 4.79 Å². The Labute approximate surface area is 151 Å². The van der Waals surface area contributed by atoms with Crippen LogP contribution in [0.2, 0.25) is 0 Å². The lowest BCUT2D eigenvalue weighted by Crippen LogP contribution is -2.42. The van der Waals surface area contributed by atoms with Crippen LogP contribution in [0.5, 0.6) is 5.75 Å². The largest absolute Gasteiger partial charge is 0.493 e. The highest BCUT2D eigenvalue weighted by atomic mass is 32.2. The van der Waals surface area contributed by atoms with Crippen molar-refractivity contribution in [2.45, 2.75) is 31.9 Å². The van der Waals surface area contributed by atoms with Crippen molar-refractivity contribution < 1.29 is 13.9 Å². The Kier molecular flexibility index (Phi) is 5.96. The number of hydrogen-bond acceptors (Lipinski definition) is 6. The van der Waals surface area contributed by atoms with E-state index in [4.69, 9.17) is 9.15 Å². The molecule has 0 saturated carbocycles. The van der Waals surface area contributed by atoms with Crippen LogP contribution in [0, 0.1) is 19.8 Å². The number of hydrogen-bond donors (Lipinski definition) is 0. The molecule has 0 N–H and O–H groups in total. The number of para-hydroxylation sites is 1. The normalized spacial score (nSPS) is 17.5. The van der Waals surface area contributed by atoms with E-state index in [1.54, 1.807) is 6.92 Å². The smallest absolute Gasteiger partial charge is 0.277 e. The van der Waals surface area contributed by atoms with Crippen LogP contribution >= 0.6 is 11.8 Å². The molecule has 1 saturated heterocycles. The number of ether oxygens (including phenoxy) is 1. The second-order valence-corrected chi connectivity index (χ2v) is 7.23. The predicted octanol–water partition coefficient (Wildman–Crippen LogP) is 3.10. The van der Waals surface area contributed by atoms with Gasteiger partial charge in [-0.05, 0) is 31.4 Å². The molecule has 1 aromatic heterocycles. The number of piperidine rings is 1. The van der Waals surface area contributed by atoms with Crippen LogP contribution in [0.3, 0.4) is 0 Å². The van der Waals surface area contributed by atoms with Crippen molar-refractivity contribution in [3.63, 3.8) is 0 Å². The van der Waals surface area contributed by atoms with Gasteiger partial charge >= 0.3 is 0 Å². The van der Waals surface area contributed by atoms with Crippen molar-refractivity contribution in [1.29, 1.82) is 0 Å². The predicted molar refractivity (Wildman–Crippen MR) is 95.7 cm³/mol. The first kappa shape index (κ1) is 17.8. The highest BCUT2D eigenvalue weighted by molar-refractivity contribution is 7.99. The lowest BCUT2D eigenvalue weighted by molar-refractivity contribution is -0.130. The molecule has 0 radical (unpaired) electrons. The molecule has 6 nitrogen and oxygen atoms in total. The minimum Gasteiger partial charge on any atom is -0.493 e. The monoisotopic (exact) mass is 361 g/mol. The minimum atomic E-state index is 0.112. The maximum absolute atomic E-state index is 12.4.